The third kappa shape index (κ3) is 3.49. The van der Waals surface area contributed by atoms with Crippen molar-refractivity contribution >= 4 is 43.7 Å². The van der Waals surface area contributed by atoms with Crippen LogP contribution in [0.1, 0.15) is 34.0 Å². The van der Waals surface area contributed by atoms with Gasteiger partial charge in [0.05, 0.1) is 11.1 Å². The van der Waals surface area contributed by atoms with Crippen molar-refractivity contribution in [3.05, 3.63) is 210 Å². The van der Waals surface area contributed by atoms with E-state index in [0.29, 0.717) is 0 Å². The van der Waals surface area contributed by atoms with Gasteiger partial charge in [-0.15, -0.1) is 0 Å². The third-order valence-corrected chi connectivity index (χ3v) is 11.9. The normalized spacial score (nSPS) is 17.6. The monoisotopic (exact) mass is 661 g/mol. The van der Waals surface area contributed by atoms with Gasteiger partial charge in [0.2, 0.25) is 6.23 Å². The summed E-state index contributed by atoms with van der Waals surface area (Å²) in [5.74, 6) is 0.900. The molecular formula is C50H31NO. The Morgan fingerprint density at radius 1 is 0.385 bits per heavy atom. The zero-order chi connectivity index (χ0) is 34.0. The highest BCUT2D eigenvalue weighted by atomic mass is 16.5. The summed E-state index contributed by atoms with van der Waals surface area (Å²) < 4.78 is 6.86. The fraction of sp³-hybridized carbons (Fsp3) is 0.0400. The van der Waals surface area contributed by atoms with Gasteiger partial charge in [-0.25, -0.2) is 0 Å². The summed E-state index contributed by atoms with van der Waals surface area (Å²) in [6, 6.07) is 67.1. The number of hydrogen-bond donors (Lipinski definition) is 0. The molecule has 0 bridgehead atoms. The lowest BCUT2D eigenvalue weighted by Crippen LogP contribution is -2.27. The molecule has 1 heterocycles. The average Bonchev–Trinajstić information content (AvgIpc) is 3.85. The van der Waals surface area contributed by atoms with Gasteiger partial charge in [0, 0.05) is 11.3 Å². The molecule has 2 atom stereocenters. The van der Waals surface area contributed by atoms with Crippen LogP contribution in [0.5, 0.6) is 5.75 Å². The minimum absolute atomic E-state index is 0.311. The molecule has 0 radical (unpaired) electrons. The Morgan fingerprint density at radius 3 is 1.62 bits per heavy atom. The SMILES string of the molecule is c1ccc(N2c3ccccc3OC2c2ccc3c(c2)C2(c4ccccc4-3)c3ccccc3-c3cc4c5ccccc5c5ccccc5c4cc32)cc1. The van der Waals surface area contributed by atoms with Crippen molar-refractivity contribution in [3.8, 4) is 28.0 Å². The van der Waals surface area contributed by atoms with Gasteiger partial charge in [0.25, 0.3) is 0 Å². The first-order valence-corrected chi connectivity index (χ1v) is 18.1. The molecule has 0 amide bonds. The number of anilines is 2. The van der Waals surface area contributed by atoms with E-state index in [9.17, 15) is 0 Å². The van der Waals surface area contributed by atoms with E-state index in [1.807, 2.05) is 0 Å². The van der Waals surface area contributed by atoms with Crippen molar-refractivity contribution < 1.29 is 4.74 Å². The van der Waals surface area contributed by atoms with Gasteiger partial charge in [0.1, 0.15) is 5.75 Å². The molecule has 2 heteroatoms. The second-order valence-electron chi connectivity index (χ2n) is 14.3. The molecule has 12 rings (SSSR count). The fourth-order valence-corrected chi connectivity index (χ4v) is 9.84. The lowest BCUT2D eigenvalue weighted by atomic mass is 9.70. The minimum Gasteiger partial charge on any atom is -0.464 e. The summed E-state index contributed by atoms with van der Waals surface area (Å²) >= 11 is 0. The second kappa shape index (κ2) is 10.2. The Labute approximate surface area is 301 Å². The molecule has 3 aliphatic rings. The number of para-hydroxylation sites is 3. The largest absolute Gasteiger partial charge is 0.464 e. The number of benzene rings is 9. The van der Waals surface area contributed by atoms with E-state index in [-0.39, 0.29) is 6.23 Å². The molecule has 0 fully saturated rings. The zero-order valence-corrected chi connectivity index (χ0v) is 28.3. The van der Waals surface area contributed by atoms with Crippen LogP contribution < -0.4 is 9.64 Å². The Kier molecular flexibility index (Phi) is 5.52. The first kappa shape index (κ1) is 28.1. The molecule has 1 aliphatic heterocycles. The molecule has 52 heavy (non-hydrogen) atoms. The summed E-state index contributed by atoms with van der Waals surface area (Å²) in [5.41, 5.74) is 13.4. The minimum atomic E-state index is -0.488. The predicted octanol–water partition coefficient (Wildman–Crippen LogP) is 12.7. The van der Waals surface area contributed by atoms with Gasteiger partial charge in [-0.05, 0) is 119 Å². The molecule has 1 spiro atoms. The summed E-state index contributed by atoms with van der Waals surface area (Å²) in [4.78, 5) is 2.34. The predicted molar refractivity (Wildman–Crippen MR) is 214 cm³/mol. The van der Waals surface area contributed by atoms with E-state index in [1.165, 1.54) is 76.8 Å². The molecule has 2 unspecified atom stereocenters. The van der Waals surface area contributed by atoms with Crippen LogP contribution >= 0.6 is 0 Å². The van der Waals surface area contributed by atoms with Crippen molar-refractivity contribution in [2.75, 3.05) is 4.90 Å². The van der Waals surface area contributed by atoms with Gasteiger partial charge < -0.3 is 4.74 Å². The summed E-state index contributed by atoms with van der Waals surface area (Å²) in [6.07, 6.45) is -0.311. The molecule has 0 N–H and O–H groups in total. The van der Waals surface area contributed by atoms with Crippen LogP contribution in [0.3, 0.4) is 0 Å². The molecule has 0 saturated heterocycles. The molecule has 9 aromatic rings. The molecule has 0 aromatic heterocycles. The van der Waals surface area contributed by atoms with Crippen molar-refractivity contribution in [1.82, 2.24) is 0 Å². The van der Waals surface area contributed by atoms with Gasteiger partial charge in [-0.3, -0.25) is 4.90 Å². The van der Waals surface area contributed by atoms with Crippen molar-refractivity contribution in [3.63, 3.8) is 0 Å². The van der Waals surface area contributed by atoms with E-state index in [2.05, 4.69) is 187 Å². The smallest absolute Gasteiger partial charge is 0.203 e. The van der Waals surface area contributed by atoms with Crippen LogP contribution in [0.25, 0.3) is 54.6 Å². The maximum atomic E-state index is 6.86. The van der Waals surface area contributed by atoms with E-state index in [0.717, 1.165) is 22.7 Å². The molecule has 0 saturated carbocycles. The number of ether oxygens (including phenoxy) is 1. The third-order valence-electron chi connectivity index (χ3n) is 11.9. The molecular weight excluding hydrogens is 631 g/mol. The van der Waals surface area contributed by atoms with Gasteiger partial charge in [-0.1, -0.05) is 140 Å². The topological polar surface area (TPSA) is 12.5 Å². The lowest BCUT2D eigenvalue weighted by molar-refractivity contribution is 0.240. The Balaban J connectivity index is 1.17. The number of hydrogen-bond acceptors (Lipinski definition) is 2. The van der Waals surface area contributed by atoms with Gasteiger partial charge in [0.15, 0.2) is 0 Å². The summed E-state index contributed by atoms with van der Waals surface area (Å²) in [5, 5.41) is 7.78. The van der Waals surface area contributed by atoms with E-state index in [4.69, 9.17) is 4.74 Å². The molecule has 2 aliphatic carbocycles. The van der Waals surface area contributed by atoms with Crippen molar-refractivity contribution in [2.45, 2.75) is 11.6 Å². The van der Waals surface area contributed by atoms with Gasteiger partial charge >= 0.3 is 0 Å². The maximum Gasteiger partial charge on any atom is 0.203 e. The summed E-state index contributed by atoms with van der Waals surface area (Å²) in [7, 11) is 0. The maximum absolute atomic E-state index is 6.86. The van der Waals surface area contributed by atoms with E-state index < -0.39 is 5.41 Å². The standard InChI is InChI=1S/C50H31NO/c1-2-14-32(15-3-1)51-47-24-12-13-25-48(47)52-49(51)31-26-27-39-37-20-8-10-22-43(37)50(45(39)28-31)44-23-11-9-21-38(44)42-29-40-35-18-6-4-16-33(35)34-17-5-7-19-36(34)41(40)30-46(42)50/h1-30,49H. The lowest BCUT2D eigenvalue weighted by Gasteiger charge is -2.32. The molecule has 9 aromatic carbocycles. The number of rotatable bonds is 2. The van der Waals surface area contributed by atoms with Crippen molar-refractivity contribution in [2.24, 2.45) is 0 Å². The number of nitrogens with zero attached hydrogens (tertiary/aromatic N) is 1. The first-order valence-electron chi connectivity index (χ1n) is 18.1. The fourth-order valence-electron chi connectivity index (χ4n) is 9.84. The van der Waals surface area contributed by atoms with Crippen LogP contribution in [0, 0.1) is 0 Å². The Hall–Kier alpha value is -6.64. The number of fused-ring (bicyclic) bond motifs is 17. The van der Waals surface area contributed by atoms with Crippen LogP contribution in [-0.4, -0.2) is 0 Å². The Bertz CT molecular complexity index is 2960. The molecule has 242 valence electrons. The summed E-state index contributed by atoms with van der Waals surface area (Å²) in [6.45, 7) is 0. The van der Waals surface area contributed by atoms with E-state index >= 15 is 0 Å². The molecule has 2 nitrogen and oxygen atoms in total. The highest BCUT2D eigenvalue weighted by Crippen LogP contribution is 2.64. The zero-order valence-electron chi connectivity index (χ0n) is 28.3. The first-order chi connectivity index (χ1) is 25.8. The van der Waals surface area contributed by atoms with Gasteiger partial charge in [-0.2, -0.15) is 0 Å². The quantitative estimate of drug-likeness (QED) is 0.171. The van der Waals surface area contributed by atoms with Crippen molar-refractivity contribution in [1.29, 1.82) is 0 Å². The highest BCUT2D eigenvalue weighted by Gasteiger charge is 2.52. The average molecular weight is 662 g/mol. The Morgan fingerprint density at radius 2 is 0.904 bits per heavy atom. The van der Waals surface area contributed by atoms with Crippen LogP contribution in [-0.2, 0) is 5.41 Å². The van der Waals surface area contributed by atoms with Crippen LogP contribution in [0.15, 0.2) is 182 Å². The highest BCUT2D eigenvalue weighted by molar-refractivity contribution is 6.26. The van der Waals surface area contributed by atoms with Crippen LogP contribution in [0.4, 0.5) is 11.4 Å². The van der Waals surface area contributed by atoms with E-state index in [1.54, 1.807) is 0 Å². The van der Waals surface area contributed by atoms with Crippen LogP contribution in [0.2, 0.25) is 0 Å². The second-order valence-corrected chi connectivity index (χ2v) is 14.3.